The minimum absolute atomic E-state index is 0.359. The number of aryl methyl sites for hydroxylation is 2. The van der Waals surface area contributed by atoms with Crippen molar-refractivity contribution in [3.8, 4) is 10.4 Å². The predicted molar refractivity (Wildman–Crippen MR) is 135 cm³/mol. The van der Waals surface area contributed by atoms with Gasteiger partial charge in [0.15, 0.2) is 5.58 Å². The van der Waals surface area contributed by atoms with Gasteiger partial charge in [0.1, 0.15) is 16.1 Å². The molecule has 3 N–H and O–H groups in total. The number of thiazole rings is 1. The van der Waals surface area contributed by atoms with E-state index in [4.69, 9.17) is 4.42 Å². The Hall–Kier alpha value is -3.30. The Kier molecular flexibility index (Phi) is 5.64. The van der Waals surface area contributed by atoms with Gasteiger partial charge in [-0.3, -0.25) is 4.79 Å². The van der Waals surface area contributed by atoms with Crippen molar-refractivity contribution in [3.63, 3.8) is 0 Å². The van der Waals surface area contributed by atoms with Crippen LogP contribution in [0.1, 0.15) is 49.4 Å². The summed E-state index contributed by atoms with van der Waals surface area (Å²) in [6.07, 6.45) is 4.55. The van der Waals surface area contributed by atoms with Crippen LogP contribution >= 0.6 is 11.3 Å². The summed E-state index contributed by atoms with van der Waals surface area (Å²) < 4.78 is 5.43. The number of nitrogens with one attached hydrogen (secondary N) is 1. The second-order valence-corrected chi connectivity index (χ2v) is 11.2. The molecule has 0 amide bonds. The van der Waals surface area contributed by atoms with E-state index >= 15 is 0 Å². The molecule has 1 fully saturated rings. The van der Waals surface area contributed by atoms with Crippen LogP contribution in [-0.4, -0.2) is 31.1 Å². The third-order valence-electron chi connectivity index (χ3n) is 6.83. The molecule has 4 aromatic rings. The van der Waals surface area contributed by atoms with Gasteiger partial charge in [0, 0.05) is 18.0 Å². The fourth-order valence-electron chi connectivity index (χ4n) is 5.19. The first-order valence-electron chi connectivity index (χ1n) is 11.6. The first-order valence-corrected chi connectivity index (χ1v) is 12.4. The highest BCUT2D eigenvalue weighted by Crippen LogP contribution is 2.50. The van der Waals surface area contributed by atoms with E-state index in [0.717, 1.165) is 32.9 Å². The summed E-state index contributed by atoms with van der Waals surface area (Å²) in [6.45, 7) is 7.72. The predicted octanol–water partition coefficient (Wildman–Crippen LogP) is 5.81. The molecule has 1 aliphatic carbocycles. The summed E-state index contributed by atoms with van der Waals surface area (Å²) in [5.74, 6) is -0.785. The molecule has 1 aliphatic rings. The molecule has 2 atom stereocenters. The lowest BCUT2D eigenvalue weighted by atomic mass is 9.63. The summed E-state index contributed by atoms with van der Waals surface area (Å²) in [6, 6.07) is 7.92. The van der Waals surface area contributed by atoms with Crippen LogP contribution in [0.3, 0.4) is 0 Å². The smallest absolute Gasteiger partial charge is 0.307 e. The van der Waals surface area contributed by atoms with Gasteiger partial charge >= 0.3 is 5.97 Å². The number of anilines is 2. The van der Waals surface area contributed by atoms with Crippen LogP contribution in [-0.2, 0) is 10.4 Å². The van der Waals surface area contributed by atoms with Gasteiger partial charge in [-0.2, -0.15) is 0 Å². The molecule has 0 spiro atoms. The van der Waals surface area contributed by atoms with Crippen molar-refractivity contribution in [2.45, 2.75) is 52.6 Å². The zero-order valence-corrected chi connectivity index (χ0v) is 20.9. The lowest BCUT2D eigenvalue weighted by Crippen LogP contribution is -2.44. The molecule has 0 saturated heterocycles. The number of aliphatic carboxylic acids is 1. The summed E-state index contributed by atoms with van der Waals surface area (Å²) in [5, 5.41) is 24.9. The molecule has 5 rings (SSSR count). The fraction of sp³-hybridized carbons (Fsp3) is 0.385. The Balaban J connectivity index is 1.42. The Bertz CT molecular complexity index is 1430. The van der Waals surface area contributed by atoms with Gasteiger partial charge in [0.2, 0.25) is 5.95 Å². The molecule has 8 nitrogen and oxygen atoms in total. The molecule has 1 aromatic carbocycles. The van der Waals surface area contributed by atoms with Crippen LogP contribution in [0.2, 0.25) is 0 Å². The van der Waals surface area contributed by atoms with Crippen molar-refractivity contribution in [1.82, 2.24) is 15.0 Å². The number of rotatable bonds is 5. The van der Waals surface area contributed by atoms with Crippen LogP contribution in [0.25, 0.3) is 21.5 Å². The molecular weight excluding hydrogens is 464 g/mol. The summed E-state index contributed by atoms with van der Waals surface area (Å²) in [7, 11) is 0. The van der Waals surface area contributed by atoms with E-state index in [9.17, 15) is 15.0 Å². The fourth-order valence-corrected chi connectivity index (χ4v) is 6.21. The van der Waals surface area contributed by atoms with E-state index in [1.165, 1.54) is 11.3 Å². The normalized spacial score (nSPS) is 21.8. The van der Waals surface area contributed by atoms with Crippen molar-refractivity contribution in [1.29, 1.82) is 0 Å². The molecule has 0 bridgehead atoms. The first kappa shape index (κ1) is 23.4. The molecule has 0 radical (unpaired) electrons. The van der Waals surface area contributed by atoms with Crippen molar-refractivity contribution in [3.05, 3.63) is 53.0 Å². The quantitative estimate of drug-likeness (QED) is 0.319. The lowest BCUT2D eigenvalue weighted by molar-refractivity contribution is -0.154. The van der Waals surface area contributed by atoms with Crippen LogP contribution in [0.5, 0.6) is 0 Å². The van der Waals surface area contributed by atoms with Crippen molar-refractivity contribution in [2.75, 3.05) is 5.32 Å². The first-order chi connectivity index (χ1) is 16.5. The number of carboxylic acids is 1. The van der Waals surface area contributed by atoms with E-state index in [0.29, 0.717) is 35.8 Å². The van der Waals surface area contributed by atoms with Crippen molar-refractivity contribution in [2.24, 2.45) is 11.3 Å². The third kappa shape index (κ3) is 4.41. The standard InChI is InChI=1S/C26H28N4O4S/c1-14-9-16(11-17(10-14)29-24-28-15(2)21-19(30-24)6-8-34-21)20-12-27-23(35-20)26(33)7-5-18(22(31)32)25(3,4)13-26/h6,8-12,18,33H,5,7,13H2,1-4H3,(H,31,32)(H,28,29,30)/t18-,26-/m1/s1. The highest BCUT2D eigenvalue weighted by molar-refractivity contribution is 7.15. The van der Waals surface area contributed by atoms with E-state index in [-0.39, 0.29) is 0 Å². The lowest BCUT2D eigenvalue weighted by Gasteiger charge is -2.44. The minimum atomic E-state index is -1.13. The summed E-state index contributed by atoms with van der Waals surface area (Å²) in [4.78, 5) is 26.2. The van der Waals surface area contributed by atoms with Gasteiger partial charge < -0.3 is 19.9 Å². The third-order valence-corrected chi connectivity index (χ3v) is 8.07. The number of carbonyl (C=O) groups is 1. The average molecular weight is 493 g/mol. The highest BCUT2D eigenvalue weighted by atomic mass is 32.1. The van der Waals surface area contributed by atoms with Crippen LogP contribution in [0.15, 0.2) is 41.1 Å². The van der Waals surface area contributed by atoms with Crippen molar-refractivity contribution >= 4 is 40.0 Å². The second-order valence-electron chi connectivity index (χ2n) is 10.1. The molecule has 0 aliphatic heterocycles. The monoisotopic (exact) mass is 492 g/mol. The maximum absolute atomic E-state index is 11.7. The molecule has 3 aromatic heterocycles. The number of aromatic nitrogens is 3. The van der Waals surface area contributed by atoms with Crippen LogP contribution < -0.4 is 5.32 Å². The molecule has 3 heterocycles. The summed E-state index contributed by atoms with van der Waals surface area (Å²) >= 11 is 1.45. The van der Waals surface area contributed by atoms with Gasteiger partial charge in [0.05, 0.1) is 22.8 Å². The highest BCUT2D eigenvalue weighted by Gasteiger charge is 2.49. The Morgan fingerprint density at radius 3 is 2.77 bits per heavy atom. The molecule has 182 valence electrons. The summed E-state index contributed by atoms with van der Waals surface area (Å²) in [5.41, 5.74) is 3.40. The largest absolute Gasteiger partial charge is 0.481 e. The second kappa shape index (κ2) is 8.42. The van der Waals surface area contributed by atoms with E-state index in [1.807, 2.05) is 45.9 Å². The average Bonchev–Trinajstić information content (AvgIpc) is 3.43. The maximum atomic E-state index is 11.7. The molecule has 9 heteroatoms. The molecule has 1 saturated carbocycles. The Morgan fingerprint density at radius 1 is 1.23 bits per heavy atom. The zero-order chi connectivity index (χ0) is 25.0. The SMILES string of the molecule is Cc1cc(Nc2nc(C)c3occc3n2)cc(-c2cnc([C@@]3(O)CC[C@H](C(=O)O)C(C)(C)C3)s2)c1. The number of nitrogens with zero attached hydrogens (tertiary/aromatic N) is 3. The number of fused-ring (bicyclic) bond motifs is 1. The van der Waals surface area contributed by atoms with Crippen LogP contribution in [0, 0.1) is 25.2 Å². The number of hydrogen-bond acceptors (Lipinski definition) is 8. The topological polar surface area (TPSA) is 121 Å². The molecular formula is C26H28N4O4S. The number of furan rings is 1. The number of aliphatic hydroxyl groups is 1. The van der Waals surface area contributed by atoms with Gasteiger partial charge in [-0.15, -0.1) is 11.3 Å². The van der Waals surface area contributed by atoms with E-state index in [2.05, 4.69) is 26.3 Å². The van der Waals surface area contributed by atoms with Gasteiger partial charge in [-0.1, -0.05) is 19.9 Å². The zero-order valence-electron chi connectivity index (χ0n) is 20.1. The van der Waals surface area contributed by atoms with Gasteiger partial charge in [-0.05, 0) is 61.8 Å². The van der Waals surface area contributed by atoms with Gasteiger partial charge in [0.25, 0.3) is 0 Å². The number of carboxylic acid groups (broad SMARTS) is 1. The van der Waals surface area contributed by atoms with E-state index in [1.54, 1.807) is 12.5 Å². The van der Waals surface area contributed by atoms with Crippen LogP contribution in [0.4, 0.5) is 11.6 Å². The minimum Gasteiger partial charge on any atom is -0.481 e. The number of hydrogen-bond donors (Lipinski definition) is 3. The Morgan fingerprint density at radius 2 is 2.03 bits per heavy atom. The molecule has 0 unspecified atom stereocenters. The number of benzene rings is 1. The maximum Gasteiger partial charge on any atom is 0.307 e. The Labute approximate surface area is 207 Å². The molecule has 35 heavy (non-hydrogen) atoms. The van der Waals surface area contributed by atoms with Gasteiger partial charge in [-0.25, -0.2) is 15.0 Å². The van der Waals surface area contributed by atoms with E-state index < -0.39 is 22.9 Å². The van der Waals surface area contributed by atoms with Crippen molar-refractivity contribution < 1.29 is 19.4 Å².